The van der Waals surface area contributed by atoms with Crippen molar-refractivity contribution in [3.05, 3.63) is 0 Å². The standard InChI is InChI=1S/C11H24N2O/c1-9(8-14-3)11(6-12)13(2)7-10-4-5-10/h9-11H,4-8,12H2,1-3H3. The van der Waals surface area contributed by atoms with Crippen molar-refractivity contribution >= 4 is 0 Å². The van der Waals surface area contributed by atoms with Crippen molar-refractivity contribution in [1.82, 2.24) is 4.90 Å². The molecule has 14 heavy (non-hydrogen) atoms. The van der Waals surface area contributed by atoms with Gasteiger partial charge in [0.25, 0.3) is 0 Å². The van der Waals surface area contributed by atoms with Crippen molar-refractivity contribution in [3.63, 3.8) is 0 Å². The van der Waals surface area contributed by atoms with Gasteiger partial charge < -0.3 is 15.4 Å². The number of rotatable bonds is 7. The van der Waals surface area contributed by atoms with Gasteiger partial charge in [-0.2, -0.15) is 0 Å². The summed E-state index contributed by atoms with van der Waals surface area (Å²) in [5, 5.41) is 0. The van der Waals surface area contributed by atoms with Gasteiger partial charge in [0.1, 0.15) is 0 Å². The van der Waals surface area contributed by atoms with Crippen LogP contribution in [0.4, 0.5) is 0 Å². The second kappa shape index (κ2) is 5.69. The highest BCUT2D eigenvalue weighted by Crippen LogP contribution is 2.30. The molecule has 0 radical (unpaired) electrons. The molecule has 3 nitrogen and oxygen atoms in total. The van der Waals surface area contributed by atoms with Crippen LogP contribution in [0.3, 0.4) is 0 Å². The van der Waals surface area contributed by atoms with E-state index in [1.54, 1.807) is 7.11 Å². The maximum absolute atomic E-state index is 5.80. The summed E-state index contributed by atoms with van der Waals surface area (Å²) in [6, 6.07) is 0.468. The molecule has 0 bridgehead atoms. The van der Waals surface area contributed by atoms with Crippen LogP contribution in [0.1, 0.15) is 19.8 Å². The molecule has 0 saturated heterocycles. The zero-order chi connectivity index (χ0) is 10.6. The second-order valence-electron chi connectivity index (χ2n) is 4.62. The Morgan fingerprint density at radius 3 is 2.57 bits per heavy atom. The Labute approximate surface area is 87.6 Å². The molecule has 1 rings (SSSR count). The first-order valence-electron chi connectivity index (χ1n) is 5.58. The summed E-state index contributed by atoms with van der Waals surface area (Å²) in [6.45, 7) is 4.95. The van der Waals surface area contributed by atoms with E-state index < -0.39 is 0 Å². The third-order valence-electron chi connectivity index (χ3n) is 3.14. The molecule has 0 amide bonds. The molecule has 2 unspecified atom stereocenters. The number of hydrogen-bond acceptors (Lipinski definition) is 3. The van der Waals surface area contributed by atoms with E-state index in [4.69, 9.17) is 10.5 Å². The maximum Gasteiger partial charge on any atom is 0.0503 e. The molecule has 2 N–H and O–H groups in total. The molecule has 0 aromatic rings. The predicted molar refractivity (Wildman–Crippen MR) is 59.2 cm³/mol. The van der Waals surface area contributed by atoms with Crippen LogP contribution in [0.5, 0.6) is 0 Å². The fourth-order valence-electron chi connectivity index (χ4n) is 2.06. The van der Waals surface area contributed by atoms with Crippen molar-refractivity contribution < 1.29 is 4.74 Å². The number of hydrogen-bond donors (Lipinski definition) is 1. The van der Waals surface area contributed by atoms with Gasteiger partial charge in [0.15, 0.2) is 0 Å². The fourth-order valence-corrected chi connectivity index (χ4v) is 2.06. The van der Waals surface area contributed by atoms with Crippen LogP contribution in [0.25, 0.3) is 0 Å². The van der Waals surface area contributed by atoms with Gasteiger partial charge in [0, 0.05) is 26.2 Å². The first-order valence-corrected chi connectivity index (χ1v) is 5.58. The minimum Gasteiger partial charge on any atom is -0.384 e. The summed E-state index contributed by atoms with van der Waals surface area (Å²) in [7, 11) is 3.94. The van der Waals surface area contributed by atoms with E-state index in [2.05, 4.69) is 18.9 Å². The van der Waals surface area contributed by atoms with Gasteiger partial charge >= 0.3 is 0 Å². The van der Waals surface area contributed by atoms with Crippen molar-refractivity contribution in [1.29, 1.82) is 0 Å². The Kier molecular flexibility index (Phi) is 4.85. The number of ether oxygens (including phenoxy) is 1. The molecule has 1 aliphatic carbocycles. The largest absolute Gasteiger partial charge is 0.384 e. The maximum atomic E-state index is 5.80. The highest BCUT2D eigenvalue weighted by molar-refractivity contribution is 4.82. The Morgan fingerprint density at radius 1 is 1.50 bits per heavy atom. The van der Waals surface area contributed by atoms with Gasteiger partial charge in [-0.05, 0) is 31.7 Å². The minimum atomic E-state index is 0.468. The number of methoxy groups -OCH3 is 1. The van der Waals surface area contributed by atoms with Gasteiger partial charge in [-0.3, -0.25) is 0 Å². The van der Waals surface area contributed by atoms with Crippen LogP contribution in [0, 0.1) is 11.8 Å². The second-order valence-corrected chi connectivity index (χ2v) is 4.62. The van der Waals surface area contributed by atoms with Gasteiger partial charge in [0.05, 0.1) is 6.61 Å². The lowest BCUT2D eigenvalue weighted by molar-refractivity contribution is 0.0963. The molecule has 1 fully saturated rings. The average molecular weight is 200 g/mol. The Bertz CT molecular complexity index is 159. The number of nitrogens with zero attached hydrogens (tertiary/aromatic N) is 1. The number of likely N-dealkylation sites (N-methyl/N-ethyl adjacent to an activating group) is 1. The average Bonchev–Trinajstić information content (AvgIpc) is 2.90. The first-order chi connectivity index (χ1) is 6.69. The molecule has 3 heteroatoms. The monoisotopic (exact) mass is 200 g/mol. The molecule has 1 saturated carbocycles. The molecule has 1 aliphatic rings. The van der Waals surface area contributed by atoms with Gasteiger partial charge in [-0.25, -0.2) is 0 Å². The van der Waals surface area contributed by atoms with Gasteiger partial charge in [0.2, 0.25) is 0 Å². The summed E-state index contributed by atoms with van der Waals surface area (Å²) >= 11 is 0. The fraction of sp³-hybridized carbons (Fsp3) is 1.00. The van der Waals surface area contributed by atoms with Crippen LogP contribution < -0.4 is 5.73 Å². The molecular formula is C11H24N2O. The molecule has 2 atom stereocenters. The smallest absolute Gasteiger partial charge is 0.0503 e. The number of nitrogens with two attached hydrogens (primary N) is 1. The third kappa shape index (κ3) is 3.56. The van der Waals surface area contributed by atoms with Crippen molar-refractivity contribution in [2.45, 2.75) is 25.8 Å². The highest BCUT2D eigenvalue weighted by Gasteiger charge is 2.27. The topological polar surface area (TPSA) is 38.5 Å². The van der Waals surface area contributed by atoms with Gasteiger partial charge in [-0.1, -0.05) is 6.92 Å². The van der Waals surface area contributed by atoms with Crippen molar-refractivity contribution in [2.24, 2.45) is 17.6 Å². The lowest BCUT2D eigenvalue weighted by Crippen LogP contribution is -2.44. The molecule has 0 spiro atoms. The predicted octanol–water partition coefficient (Wildman–Crippen LogP) is 0.938. The minimum absolute atomic E-state index is 0.468. The summed E-state index contributed by atoms with van der Waals surface area (Å²) < 4.78 is 5.17. The normalized spacial score (nSPS) is 21.2. The molecule has 0 aliphatic heterocycles. The third-order valence-corrected chi connectivity index (χ3v) is 3.14. The molecule has 0 aromatic heterocycles. The van der Waals surface area contributed by atoms with E-state index in [1.807, 2.05) is 0 Å². The Hall–Kier alpha value is -0.120. The summed E-state index contributed by atoms with van der Waals surface area (Å²) in [6.07, 6.45) is 2.81. The first kappa shape index (κ1) is 12.0. The van der Waals surface area contributed by atoms with Crippen LogP contribution in [-0.4, -0.2) is 44.8 Å². The summed E-state index contributed by atoms with van der Waals surface area (Å²) in [5.41, 5.74) is 5.80. The van der Waals surface area contributed by atoms with E-state index in [0.717, 1.165) is 19.1 Å². The van der Waals surface area contributed by atoms with E-state index in [0.29, 0.717) is 12.0 Å². The van der Waals surface area contributed by atoms with Crippen LogP contribution >= 0.6 is 0 Å². The van der Waals surface area contributed by atoms with Crippen LogP contribution in [0.2, 0.25) is 0 Å². The van der Waals surface area contributed by atoms with Crippen LogP contribution in [0.15, 0.2) is 0 Å². The van der Waals surface area contributed by atoms with E-state index in [9.17, 15) is 0 Å². The SMILES string of the molecule is COCC(C)C(CN)N(C)CC1CC1. The summed E-state index contributed by atoms with van der Waals surface area (Å²) in [4.78, 5) is 2.40. The van der Waals surface area contributed by atoms with E-state index in [1.165, 1.54) is 19.4 Å². The Morgan fingerprint density at radius 2 is 2.14 bits per heavy atom. The highest BCUT2D eigenvalue weighted by atomic mass is 16.5. The lowest BCUT2D eigenvalue weighted by atomic mass is 10.0. The molecule has 0 aromatic carbocycles. The molecule has 84 valence electrons. The van der Waals surface area contributed by atoms with E-state index >= 15 is 0 Å². The zero-order valence-electron chi connectivity index (χ0n) is 9.70. The van der Waals surface area contributed by atoms with Gasteiger partial charge in [-0.15, -0.1) is 0 Å². The van der Waals surface area contributed by atoms with E-state index in [-0.39, 0.29) is 0 Å². The lowest BCUT2D eigenvalue weighted by Gasteiger charge is -2.31. The van der Waals surface area contributed by atoms with Crippen molar-refractivity contribution in [3.8, 4) is 0 Å². The van der Waals surface area contributed by atoms with Crippen LogP contribution in [-0.2, 0) is 4.74 Å². The van der Waals surface area contributed by atoms with Crippen molar-refractivity contribution in [2.75, 3.05) is 33.9 Å². The molecular weight excluding hydrogens is 176 g/mol. The molecule has 0 heterocycles. The quantitative estimate of drug-likeness (QED) is 0.664. The Balaban J connectivity index is 2.33. The summed E-state index contributed by atoms with van der Waals surface area (Å²) in [5.74, 6) is 1.46. The zero-order valence-corrected chi connectivity index (χ0v) is 9.70.